The quantitative estimate of drug-likeness (QED) is 0.299. The summed E-state index contributed by atoms with van der Waals surface area (Å²) in [7, 11) is 0. The summed E-state index contributed by atoms with van der Waals surface area (Å²) in [4.78, 5) is 11.9. The van der Waals surface area contributed by atoms with Crippen molar-refractivity contribution in [2.75, 3.05) is 0 Å². The summed E-state index contributed by atoms with van der Waals surface area (Å²) in [5, 5.41) is 0. The van der Waals surface area contributed by atoms with Crippen LogP contribution in [0.5, 0.6) is 0 Å². The largest absolute Gasteiger partial charge is 0.462 e. The third-order valence-electron chi connectivity index (χ3n) is 13.5. The zero-order valence-electron chi connectivity index (χ0n) is 23.7. The molecule has 2 heteroatoms. The fourth-order valence-electron chi connectivity index (χ4n) is 11.6. The molecule has 0 N–H and O–H groups in total. The van der Waals surface area contributed by atoms with Crippen molar-refractivity contribution >= 4 is 5.97 Å². The summed E-state index contributed by atoms with van der Waals surface area (Å²) < 4.78 is 5.89. The maximum Gasteiger partial charge on any atom is 0.302 e. The highest BCUT2D eigenvalue weighted by atomic mass is 16.5. The zero-order chi connectivity index (χ0) is 24.9. The summed E-state index contributed by atoms with van der Waals surface area (Å²) in [5.74, 6) is 3.79. The van der Waals surface area contributed by atoms with Gasteiger partial charge in [0.15, 0.2) is 0 Å². The molecule has 5 aliphatic carbocycles. The summed E-state index contributed by atoms with van der Waals surface area (Å²) in [6.45, 7) is 22.0. The van der Waals surface area contributed by atoms with Crippen LogP contribution >= 0.6 is 0 Å². The Morgan fingerprint density at radius 1 is 0.882 bits per heavy atom. The predicted octanol–water partition coefficient (Wildman–Crippen LogP) is 8.60. The topological polar surface area (TPSA) is 26.3 Å². The Morgan fingerprint density at radius 3 is 2.21 bits per heavy atom. The standard InChI is InChI=1S/C32H52O2/c1-20(2)22-10-13-26-30(22,7)18-19-31(8)24-11-12-25-28(4,5)27(34-21(3)33)15-16-29(25,6)23(24)14-17-32(26,31)9/h14,20,22,24-27H,10-13,15-19H2,1-9H3/t22?,24-,25+,26+,27?,29-,30+,31+,32-/m1/s1. The SMILES string of the molecule is CC(=O)OC1CC[C@]2(C)C3=CC[C@]4(C)[C@H]5CCC(C(C)C)[C@]5(C)CC[C@@]4(C)[C@@H]3CC[C@H]2C1(C)C. The highest BCUT2D eigenvalue weighted by Gasteiger charge is 2.68. The van der Waals surface area contributed by atoms with E-state index in [1.807, 2.05) is 0 Å². The van der Waals surface area contributed by atoms with Crippen LogP contribution in [0.1, 0.15) is 120 Å². The van der Waals surface area contributed by atoms with Gasteiger partial charge in [0.05, 0.1) is 0 Å². The lowest BCUT2D eigenvalue weighted by Gasteiger charge is -2.69. The van der Waals surface area contributed by atoms with Crippen molar-refractivity contribution in [2.24, 2.45) is 56.7 Å². The van der Waals surface area contributed by atoms with Crippen LogP contribution in [0.2, 0.25) is 0 Å². The fourth-order valence-corrected chi connectivity index (χ4v) is 11.6. The smallest absolute Gasteiger partial charge is 0.302 e. The minimum Gasteiger partial charge on any atom is -0.462 e. The van der Waals surface area contributed by atoms with Crippen molar-refractivity contribution in [1.82, 2.24) is 0 Å². The van der Waals surface area contributed by atoms with E-state index in [2.05, 4.69) is 61.5 Å². The van der Waals surface area contributed by atoms with Gasteiger partial charge in [0.2, 0.25) is 0 Å². The maximum absolute atomic E-state index is 11.9. The molecule has 2 unspecified atom stereocenters. The third kappa shape index (κ3) is 3.01. The molecule has 0 aliphatic heterocycles. The van der Waals surface area contributed by atoms with E-state index in [0.717, 1.165) is 30.1 Å². The first-order chi connectivity index (χ1) is 15.7. The first-order valence-electron chi connectivity index (χ1n) is 14.6. The van der Waals surface area contributed by atoms with Gasteiger partial charge in [0, 0.05) is 12.3 Å². The molecule has 0 saturated heterocycles. The molecule has 9 atom stereocenters. The highest BCUT2D eigenvalue weighted by molar-refractivity contribution is 5.66. The minimum absolute atomic E-state index is 0.0349. The second kappa shape index (κ2) is 7.61. The van der Waals surface area contributed by atoms with Gasteiger partial charge in [-0.25, -0.2) is 0 Å². The van der Waals surface area contributed by atoms with E-state index in [4.69, 9.17) is 4.74 Å². The number of ether oxygens (including phenoxy) is 1. The fraction of sp³-hybridized carbons (Fsp3) is 0.906. The third-order valence-corrected chi connectivity index (χ3v) is 13.5. The summed E-state index contributed by atoms with van der Waals surface area (Å²) >= 11 is 0. The second-order valence-corrected chi connectivity index (χ2v) is 15.2. The van der Waals surface area contributed by atoms with Crippen LogP contribution in [-0.2, 0) is 9.53 Å². The van der Waals surface area contributed by atoms with E-state index in [1.54, 1.807) is 12.5 Å². The molecule has 192 valence electrons. The molecule has 4 fully saturated rings. The van der Waals surface area contributed by atoms with Crippen LogP contribution in [0, 0.1) is 56.7 Å². The van der Waals surface area contributed by atoms with E-state index in [1.165, 1.54) is 51.4 Å². The maximum atomic E-state index is 11.9. The number of allylic oxidation sites excluding steroid dienone is 2. The van der Waals surface area contributed by atoms with Crippen LogP contribution < -0.4 is 0 Å². The molecule has 0 spiro atoms. The lowest BCUT2D eigenvalue weighted by atomic mass is 9.35. The second-order valence-electron chi connectivity index (χ2n) is 15.2. The molecule has 0 aromatic heterocycles. The van der Waals surface area contributed by atoms with Crippen LogP contribution in [-0.4, -0.2) is 12.1 Å². The molecule has 5 aliphatic rings. The summed E-state index contributed by atoms with van der Waals surface area (Å²) in [6, 6.07) is 0. The Hall–Kier alpha value is -0.790. The van der Waals surface area contributed by atoms with E-state index < -0.39 is 0 Å². The molecule has 4 saturated carbocycles. The van der Waals surface area contributed by atoms with Crippen LogP contribution in [0.25, 0.3) is 0 Å². The van der Waals surface area contributed by atoms with Crippen molar-refractivity contribution in [2.45, 2.75) is 126 Å². The van der Waals surface area contributed by atoms with Gasteiger partial charge < -0.3 is 4.74 Å². The predicted molar refractivity (Wildman–Crippen MR) is 140 cm³/mol. The Labute approximate surface area is 210 Å². The number of hydrogen-bond acceptors (Lipinski definition) is 2. The van der Waals surface area contributed by atoms with Gasteiger partial charge in [-0.2, -0.15) is 0 Å². The molecular formula is C32H52O2. The number of fused-ring (bicyclic) bond motifs is 7. The van der Waals surface area contributed by atoms with E-state index in [0.29, 0.717) is 22.2 Å². The van der Waals surface area contributed by atoms with Crippen molar-refractivity contribution < 1.29 is 9.53 Å². The summed E-state index contributed by atoms with van der Waals surface area (Å²) in [6.07, 6.45) is 14.6. The van der Waals surface area contributed by atoms with Gasteiger partial charge in [-0.3, -0.25) is 4.79 Å². The Balaban J connectivity index is 1.51. The average Bonchev–Trinajstić information content (AvgIpc) is 3.10. The number of carbonyl (C=O) groups is 1. The minimum atomic E-state index is -0.114. The molecule has 34 heavy (non-hydrogen) atoms. The van der Waals surface area contributed by atoms with Gasteiger partial charge in [-0.15, -0.1) is 0 Å². The Kier molecular flexibility index (Phi) is 5.57. The molecular weight excluding hydrogens is 416 g/mol. The number of carbonyl (C=O) groups excluding carboxylic acids is 1. The van der Waals surface area contributed by atoms with Crippen molar-refractivity contribution in [3.05, 3.63) is 11.6 Å². The Morgan fingerprint density at radius 2 is 1.56 bits per heavy atom. The summed E-state index contributed by atoms with van der Waals surface area (Å²) in [5.41, 5.74) is 3.46. The molecule has 5 rings (SSSR count). The first-order valence-corrected chi connectivity index (χ1v) is 14.6. The molecule has 0 aromatic rings. The number of hydrogen-bond donors (Lipinski definition) is 0. The van der Waals surface area contributed by atoms with E-state index in [9.17, 15) is 4.79 Å². The monoisotopic (exact) mass is 468 g/mol. The van der Waals surface area contributed by atoms with Crippen LogP contribution in [0.15, 0.2) is 11.6 Å². The number of rotatable bonds is 2. The van der Waals surface area contributed by atoms with Crippen molar-refractivity contribution in [1.29, 1.82) is 0 Å². The van der Waals surface area contributed by atoms with Crippen LogP contribution in [0.3, 0.4) is 0 Å². The Bertz CT molecular complexity index is 883. The van der Waals surface area contributed by atoms with Gasteiger partial charge in [-0.05, 0) is 109 Å². The zero-order valence-corrected chi connectivity index (χ0v) is 23.7. The molecule has 0 aromatic carbocycles. The molecule has 0 bridgehead atoms. The highest BCUT2D eigenvalue weighted by Crippen LogP contribution is 2.76. The molecule has 0 amide bonds. The lowest BCUT2D eigenvalue weighted by molar-refractivity contribution is -0.179. The van der Waals surface area contributed by atoms with E-state index in [-0.39, 0.29) is 22.9 Å². The van der Waals surface area contributed by atoms with Gasteiger partial charge in [-0.1, -0.05) is 67.0 Å². The lowest BCUT2D eigenvalue weighted by Crippen LogP contribution is -2.62. The normalized spacial score (nSPS) is 51.6. The van der Waals surface area contributed by atoms with Crippen molar-refractivity contribution in [3.8, 4) is 0 Å². The van der Waals surface area contributed by atoms with Gasteiger partial charge >= 0.3 is 5.97 Å². The van der Waals surface area contributed by atoms with Gasteiger partial charge in [0.1, 0.15) is 6.10 Å². The number of esters is 1. The molecule has 2 nitrogen and oxygen atoms in total. The van der Waals surface area contributed by atoms with Crippen molar-refractivity contribution in [3.63, 3.8) is 0 Å². The molecule has 0 heterocycles. The molecule has 0 radical (unpaired) electrons. The van der Waals surface area contributed by atoms with Crippen LogP contribution in [0.4, 0.5) is 0 Å². The van der Waals surface area contributed by atoms with Gasteiger partial charge in [0.25, 0.3) is 0 Å². The average molecular weight is 469 g/mol. The van der Waals surface area contributed by atoms with E-state index >= 15 is 0 Å². The first kappa shape index (κ1) is 24.9.